The van der Waals surface area contributed by atoms with Gasteiger partial charge in [0.25, 0.3) is 5.91 Å². The normalized spacial score (nSPS) is 21.1. The molecule has 2 fully saturated rings. The van der Waals surface area contributed by atoms with Crippen LogP contribution in [0.3, 0.4) is 0 Å². The van der Waals surface area contributed by atoms with Gasteiger partial charge in [-0.1, -0.05) is 42.0 Å². The summed E-state index contributed by atoms with van der Waals surface area (Å²) in [5.74, 6) is 9.43. The molecule has 8 rings (SSSR count). The number of hydrogen-bond acceptors (Lipinski definition) is 9. The zero-order chi connectivity index (χ0) is 38.4. The second kappa shape index (κ2) is 14.5. The fourth-order valence-corrected chi connectivity index (χ4v) is 9.25. The summed E-state index contributed by atoms with van der Waals surface area (Å²) in [6.07, 6.45) is 11.1. The third kappa shape index (κ3) is 6.50. The average Bonchev–Trinajstić information content (AvgIpc) is 4.07. The molecule has 2 aromatic carbocycles. The summed E-state index contributed by atoms with van der Waals surface area (Å²) >= 11 is 1.68. The molecule has 14 nitrogen and oxygen atoms in total. The highest BCUT2D eigenvalue weighted by Gasteiger charge is 2.50. The van der Waals surface area contributed by atoms with Crippen molar-refractivity contribution in [1.29, 1.82) is 0 Å². The number of amides is 4. The molecule has 2 bridgehead atoms. The molecule has 6 atom stereocenters. The molecular weight excluding hydrogens is 721 g/mol. The molecular formula is C40H38N8O6S. The predicted molar refractivity (Wildman–Crippen MR) is 205 cm³/mol. The van der Waals surface area contributed by atoms with Crippen LogP contribution in [0.5, 0.6) is 0 Å². The van der Waals surface area contributed by atoms with Crippen molar-refractivity contribution < 1.29 is 28.7 Å². The summed E-state index contributed by atoms with van der Waals surface area (Å²) in [5, 5.41) is 7.27. The van der Waals surface area contributed by atoms with Crippen molar-refractivity contribution in [3.63, 3.8) is 0 Å². The number of rotatable bonds is 8. The lowest BCUT2D eigenvalue weighted by Gasteiger charge is -2.36. The molecule has 15 heteroatoms. The Morgan fingerprint density at radius 2 is 1.56 bits per heavy atom. The minimum atomic E-state index is -1.20. The highest BCUT2D eigenvalue weighted by atomic mass is 32.1. The van der Waals surface area contributed by atoms with Gasteiger partial charge in [0.1, 0.15) is 17.7 Å². The molecule has 55 heavy (non-hydrogen) atoms. The number of ether oxygens (including phenoxy) is 2. The molecule has 0 unspecified atom stereocenters. The van der Waals surface area contributed by atoms with Gasteiger partial charge in [0.15, 0.2) is 12.1 Å². The minimum absolute atomic E-state index is 0.120. The minimum Gasteiger partial charge on any atom is -0.453 e. The molecule has 0 radical (unpaired) electrons. The molecule has 5 heterocycles. The van der Waals surface area contributed by atoms with Crippen LogP contribution in [0, 0.1) is 30.1 Å². The van der Waals surface area contributed by atoms with Crippen LogP contribution in [-0.2, 0) is 19.1 Å². The van der Waals surface area contributed by atoms with Gasteiger partial charge < -0.3 is 34.6 Å². The van der Waals surface area contributed by atoms with Gasteiger partial charge in [-0.3, -0.25) is 14.9 Å². The Morgan fingerprint density at radius 3 is 2.22 bits per heavy atom. The largest absolute Gasteiger partial charge is 0.453 e. The molecule has 2 aliphatic heterocycles. The molecule has 1 aliphatic carbocycles. The maximum absolute atomic E-state index is 13.5. The topological polar surface area (TPSA) is 175 Å². The molecule has 4 N–H and O–H groups in total. The van der Waals surface area contributed by atoms with Crippen LogP contribution in [0.25, 0.3) is 42.7 Å². The molecule has 1 saturated heterocycles. The van der Waals surface area contributed by atoms with Crippen LogP contribution >= 0.6 is 11.3 Å². The van der Waals surface area contributed by atoms with E-state index in [-0.39, 0.29) is 18.0 Å². The number of imidazole rings is 2. The summed E-state index contributed by atoms with van der Waals surface area (Å²) in [6, 6.07) is 9.96. The van der Waals surface area contributed by atoms with Gasteiger partial charge in [0, 0.05) is 50.3 Å². The van der Waals surface area contributed by atoms with E-state index in [0.29, 0.717) is 24.7 Å². The number of terminal acetylenes is 1. The van der Waals surface area contributed by atoms with Gasteiger partial charge in [0.2, 0.25) is 5.91 Å². The first-order chi connectivity index (χ1) is 26.7. The second-order valence-electron chi connectivity index (χ2n) is 13.9. The Balaban J connectivity index is 1.02. The number of nitrogens with zero attached hydrogens (tertiary/aromatic N) is 4. The van der Waals surface area contributed by atoms with Crippen LogP contribution in [0.15, 0.2) is 48.8 Å². The Morgan fingerprint density at radius 1 is 0.927 bits per heavy atom. The summed E-state index contributed by atoms with van der Waals surface area (Å²) in [4.78, 5) is 70.2. The number of methoxy groups -OCH3 is 2. The number of carbonyl (C=O) groups excluding carboxylic acids is 4. The first-order valence-electron chi connectivity index (χ1n) is 18.0. The van der Waals surface area contributed by atoms with E-state index in [1.165, 1.54) is 19.1 Å². The Labute approximate surface area is 320 Å². The number of likely N-dealkylation sites (tertiary alicyclic amines) is 1. The first kappa shape index (κ1) is 35.7. The van der Waals surface area contributed by atoms with E-state index in [1.807, 2.05) is 17.2 Å². The van der Waals surface area contributed by atoms with Crippen LogP contribution < -0.4 is 10.6 Å². The van der Waals surface area contributed by atoms with Crippen molar-refractivity contribution >= 4 is 55.5 Å². The van der Waals surface area contributed by atoms with Gasteiger partial charge in [-0.15, -0.1) is 17.8 Å². The number of hydrogen-bond donors (Lipinski definition) is 4. The van der Waals surface area contributed by atoms with Gasteiger partial charge >= 0.3 is 12.2 Å². The second-order valence-corrected chi connectivity index (χ2v) is 15.0. The number of H-pyrrole nitrogens is 2. The van der Waals surface area contributed by atoms with E-state index in [9.17, 15) is 19.2 Å². The van der Waals surface area contributed by atoms with Crippen molar-refractivity contribution in [3.05, 3.63) is 60.4 Å². The van der Waals surface area contributed by atoms with Gasteiger partial charge in [-0.05, 0) is 44.2 Å². The lowest BCUT2D eigenvalue weighted by molar-refractivity contribution is -0.137. The SMILES string of the molecule is C#C[C@H](NC(=O)OC)C(=O)N1CCC#C[C@H]1c1ncc(-c2ccc3c(c2)sc2cc(-c4cnc([C@@H]5[C@H]6CC[C@H](C6)N5C(=O)[C@H](C)NC(=O)OC)[nH]4)ccc23)[nH]1. The summed E-state index contributed by atoms with van der Waals surface area (Å²) in [7, 11) is 2.48. The van der Waals surface area contributed by atoms with Crippen LogP contribution in [0.2, 0.25) is 0 Å². The maximum Gasteiger partial charge on any atom is 0.408 e. The maximum atomic E-state index is 13.5. The third-order valence-corrected chi connectivity index (χ3v) is 11.8. The Bertz CT molecular complexity index is 2450. The monoisotopic (exact) mass is 758 g/mol. The summed E-state index contributed by atoms with van der Waals surface area (Å²) < 4.78 is 11.5. The Hall–Kier alpha value is -6.32. The fraction of sp³-hybridized carbons (Fsp3) is 0.350. The van der Waals surface area contributed by atoms with Crippen molar-refractivity contribution in [2.45, 2.75) is 62.8 Å². The molecule has 3 aliphatic rings. The van der Waals surface area contributed by atoms with Crippen molar-refractivity contribution in [2.24, 2.45) is 5.92 Å². The van der Waals surface area contributed by atoms with Gasteiger partial charge in [-0.2, -0.15) is 0 Å². The fourth-order valence-electron chi connectivity index (χ4n) is 8.07. The standard InChI is InChI=1S/C40H38N8O6S/c1-5-28(46-40(52)54-4)38(50)47-15-7-6-8-31(47)35-41-19-29(44-35)22-10-13-26-27-14-11-23(18-33(27)55-32(26)17-22)30-20-42-36(45-30)34-24-9-12-25(16-24)48(34)37(49)21(2)43-39(51)53-3/h1,10-11,13-14,17-21,24-25,28,31,34H,7,9,12,15-16H2,2-4H3,(H,41,44)(H,42,45)(H,43,51)(H,46,52)/t21-,24-,25+,28-,31-,34-/m0/s1. The zero-order valence-electron chi connectivity index (χ0n) is 30.3. The zero-order valence-corrected chi connectivity index (χ0v) is 31.2. The summed E-state index contributed by atoms with van der Waals surface area (Å²) in [5.41, 5.74) is 3.54. The van der Waals surface area contributed by atoms with Crippen molar-refractivity contribution in [3.8, 4) is 46.7 Å². The molecule has 5 aromatic rings. The van der Waals surface area contributed by atoms with Gasteiger partial charge in [-0.25, -0.2) is 19.6 Å². The number of aromatic nitrogens is 4. The van der Waals surface area contributed by atoms with Crippen LogP contribution in [-0.4, -0.2) is 92.6 Å². The molecule has 0 spiro atoms. The molecule has 4 amide bonds. The van der Waals surface area contributed by atoms with E-state index >= 15 is 0 Å². The van der Waals surface area contributed by atoms with Crippen LogP contribution in [0.4, 0.5) is 9.59 Å². The number of aromatic amines is 2. The van der Waals surface area contributed by atoms with E-state index < -0.39 is 36.2 Å². The van der Waals surface area contributed by atoms with E-state index in [0.717, 1.165) is 67.8 Å². The molecule has 3 aromatic heterocycles. The predicted octanol–water partition coefficient (Wildman–Crippen LogP) is 5.27. The van der Waals surface area contributed by atoms with E-state index in [2.05, 4.69) is 78.4 Å². The number of alkyl carbamates (subject to hydrolysis) is 2. The number of fused-ring (bicyclic) bond motifs is 5. The van der Waals surface area contributed by atoms with E-state index in [4.69, 9.17) is 16.1 Å². The van der Waals surface area contributed by atoms with Crippen LogP contribution in [0.1, 0.15) is 56.3 Å². The summed E-state index contributed by atoms with van der Waals surface area (Å²) in [6.45, 7) is 2.01. The third-order valence-electron chi connectivity index (χ3n) is 10.7. The van der Waals surface area contributed by atoms with E-state index in [1.54, 1.807) is 24.5 Å². The number of carbonyl (C=O) groups is 4. The quantitative estimate of drug-likeness (QED) is 0.155. The highest BCUT2D eigenvalue weighted by molar-refractivity contribution is 7.25. The van der Waals surface area contributed by atoms with Crippen molar-refractivity contribution in [2.75, 3.05) is 20.8 Å². The van der Waals surface area contributed by atoms with Gasteiger partial charge in [0.05, 0.1) is 44.0 Å². The number of nitrogens with one attached hydrogen (secondary N) is 4. The molecule has 1 saturated carbocycles. The number of thiophene rings is 1. The number of piperidine rings is 1. The smallest absolute Gasteiger partial charge is 0.408 e. The number of benzene rings is 2. The molecule has 280 valence electrons. The Kier molecular flexibility index (Phi) is 9.40. The lowest BCUT2D eigenvalue weighted by atomic mass is 9.97. The van der Waals surface area contributed by atoms with Crippen molar-refractivity contribution in [1.82, 2.24) is 40.4 Å². The first-order valence-corrected chi connectivity index (χ1v) is 18.8. The average molecular weight is 759 g/mol. The highest BCUT2D eigenvalue weighted by Crippen LogP contribution is 2.50. The lowest BCUT2D eigenvalue weighted by Crippen LogP contribution is -2.50.